The second kappa shape index (κ2) is 7.93. The molecule has 2 aromatic rings. The van der Waals surface area contributed by atoms with Gasteiger partial charge in [0.15, 0.2) is 5.75 Å². The van der Waals surface area contributed by atoms with Crippen molar-refractivity contribution >= 4 is 64.0 Å². The highest BCUT2D eigenvalue weighted by Gasteiger charge is 2.25. The average Bonchev–Trinajstić information content (AvgIpc) is 2.55. The van der Waals surface area contributed by atoms with Gasteiger partial charge in [0, 0.05) is 0 Å². The first-order valence-electron chi connectivity index (χ1n) is 6.35. The van der Waals surface area contributed by atoms with Crippen LogP contribution in [0.5, 0.6) is 5.75 Å². The Morgan fingerprint density at radius 1 is 0.913 bits per heavy atom. The highest BCUT2D eigenvalue weighted by atomic mass is 35.5. The molecule has 1 atom stereocenters. The number of carbonyl (C=O) groups excluding carboxylic acids is 1. The molecule has 0 saturated carbocycles. The summed E-state index contributed by atoms with van der Waals surface area (Å²) in [6.45, 7) is 0. The zero-order valence-corrected chi connectivity index (χ0v) is 15.2. The van der Waals surface area contributed by atoms with Gasteiger partial charge in [-0.1, -0.05) is 88.3 Å². The average molecular weight is 414 g/mol. The minimum absolute atomic E-state index is 0.0169. The highest BCUT2D eigenvalue weighted by Crippen LogP contribution is 2.48. The van der Waals surface area contributed by atoms with Crippen LogP contribution < -0.4 is 10.5 Å². The van der Waals surface area contributed by atoms with Gasteiger partial charge in [0.2, 0.25) is 0 Å². The van der Waals surface area contributed by atoms with Crippen LogP contribution >= 0.6 is 58.0 Å². The molecule has 2 aromatic carbocycles. The Kier molecular flexibility index (Phi) is 6.43. The van der Waals surface area contributed by atoms with E-state index in [1.807, 2.05) is 30.3 Å². The zero-order chi connectivity index (χ0) is 17.1. The molecule has 23 heavy (non-hydrogen) atoms. The first-order chi connectivity index (χ1) is 10.8. The number of ether oxygens (including phenoxy) is 1. The van der Waals surface area contributed by atoms with Crippen LogP contribution in [0, 0.1) is 0 Å². The Hall–Kier alpha value is -0.680. The summed E-state index contributed by atoms with van der Waals surface area (Å²) in [4.78, 5) is 12.1. The van der Waals surface area contributed by atoms with Crippen molar-refractivity contribution in [3.63, 3.8) is 0 Å². The summed E-state index contributed by atoms with van der Waals surface area (Å²) in [5.74, 6) is -0.881. The van der Waals surface area contributed by atoms with Crippen LogP contribution in [0.15, 0.2) is 30.3 Å². The number of rotatable bonds is 4. The first kappa shape index (κ1) is 18.7. The van der Waals surface area contributed by atoms with Gasteiger partial charge in [-0.2, -0.15) is 0 Å². The predicted molar refractivity (Wildman–Crippen MR) is 95.2 cm³/mol. The minimum Gasteiger partial charge on any atom is -0.422 e. The van der Waals surface area contributed by atoms with E-state index in [-0.39, 0.29) is 30.9 Å². The molecule has 0 aliphatic carbocycles. The van der Waals surface area contributed by atoms with Crippen molar-refractivity contribution in [2.24, 2.45) is 5.73 Å². The van der Waals surface area contributed by atoms with E-state index in [4.69, 9.17) is 68.5 Å². The third kappa shape index (κ3) is 4.24. The Balaban J connectivity index is 2.20. The maximum atomic E-state index is 12.1. The van der Waals surface area contributed by atoms with Gasteiger partial charge in [-0.05, 0) is 12.0 Å². The third-order valence-electron chi connectivity index (χ3n) is 2.97. The van der Waals surface area contributed by atoms with Crippen molar-refractivity contribution < 1.29 is 9.53 Å². The molecular weight excluding hydrogens is 403 g/mol. The van der Waals surface area contributed by atoms with E-state index in [0.717, 1.165) is 5.56 Å². The van der Waals surface area contributed by atoms with E-state index >= 15 is 0 Å². The molecule has 0 spiro atoms. The molecule has 2 rings (SSSR count). The van der Waals surface area contributed by atoms with Gasteiger partial charge in [0.25, 0.3) is 0 Å². The monoisotopic (exact) mass is 411 g/mol. The van der Waals surface area contributed by atoms with E-state index < -0.39 is 12.0 Å². The van der Waals surface area contributed by atoms with Crippen LogP contribution in [0.2, 0.25) is 25.1 Å². The summed E-state index contributed by atoms with van der Waals surface area (Å²) >= 11 is 29.7. The molecule has 0 saturated heterocycles. The summed E-state index contributed by atoms with van der Waals surface area (Å²) in [6, 6.07) is 8.36. The highest BCUT2D eigenvalue weighted by molar-refractivity contribution is 6.55. The molecule has 0 aliphatic heterocycles. The molecule has 0 aromatic heterocycles. The fraction of sp³-hybridized carbons (Fsp3) is 0.133. The summed E-state index contributed by atoms with van der Waals surface area (Å²) in [7, 11) is 0. The van der Waals surface area contributed by atoms with Gasteiger partial charge in [0.1, 0.15) is 16.1 Å². The normalized spacial score (nSPS) is 12.1. The fourth-order valence-corrected chi connectivity index (χ4v) is 3.00. The minimum atomic E-state index is -0.905. The lowest BCUT2D eigenvalue weighted by Gasteiger charge is -2.15. The molecule has 3 nitrogen and oxygen atoms in total. The molecule has 0 bridgehead atoms. The standard InChI is InChI=1S/C15H10Cl5NO2/c16-9-10(17)12(19)14(13(20)11(9)18)23-15(22)8(21)6-7-4-2-1-3-5-7/h1-5,8H,6,21H2. The van der Waals surface area contributed by atoms with Gasteiger partial charge in [0.05, 0.1) is 15.1 Å². The summed E-state index contributed by atoms with van der Waals surface area (Å²) in [6.07, 6.45) is 0.296. The lowest BCUT2D eigenvalue weighted by Crippen LogP contribution is -2.36. The molecule has 0 aliphatic rings. The second-order valence-electron chi connectivity index (χ2n) is 4.62. The lowest BCUT2D eigenvalue weighted by molar-refractivity contribution is -0.135. The van der Waals surface area contributed by atoms with E-state index in [9.17, 15) is 4.79 Å². The van der Waals surface area contributed by atoms with Crippen molar-refractivity contribution in [1.29, 1.82) is 0 Å². The molecule has 0 fully saturated rings. The van der Waals surface area contributed by atoms with Gasteiger partial charge in [-0.15, -0.1) is 0 Å². The van der Waals surface area contributed by atoms with Gasteiger partial charge < -0.3 is 10.5 Å². The number of benzene rings is 2. The van der Waals surface area contributed by atoms with Crippen molar-refractivity contribution in [3.8, 4) is 5.75 Å². The molecule has 1 unspecified atom stereocenters. The summed E-state index contributed by atoms with van der Waals surface area (Å²) in [5.41, 5.74) is 6.74. The number of esters is 1. The molecule has 122 valence electrons. The van der Waals surface area contributed by atoms with Crippen molar-refractivity contribution in [3.05, 3.63) is 61.0 Å². The Labute approximate surface area is 158 Å². The number of halogens is 5. The van der Waals surface area contributed by atoms with Crippen molar-refractivity contribution in [2.75, 3.05) is 0 Å². The van der Waals surface area contributed by atoms with Crippen molar-refractivity contribution in [1.82, 2.24) is 0 Å². The Morgan fingerprint density at radius 2 is 1.39 bits per heavy atom. The summed E-state index contributed by atoms with van der Waals surface area (Å²) in [5, 5.41) is -0.335. The summed E-state index contributed by atoms with van der Waals surface area (Å²) < 4.78 is 5.17. The van der Waals surface area contributed by atoms with E-state index in [1.165, 1.54) is 0 Å². The van der Waals surface area contributed by atoms with Crippen LogP contribution in [-0.4, -0.2) is 12.0 Å². The molecular formula is C15H10Cl5NO2. The number of hydrogen-bond donors (Lipinski definition) is 1. The quantitative estimate of drug-likeness (QED) is 0.315. The molecule has 2 N–H and O–H groups in total. The Bertz CT molecular complexity index is 707. The zero-order valence-electron chi connectivity index (χ0n) is 11.5. The van der Waals surface area contributed by atoms with E-state index in [2.05, 4.69) is 0 Å². The van der Waals surface area contributed by atoms with Crippen LogP contribution in [0.4, 0.5) is 0 Å². The SMILES string of the molecule is NC(Cc1ccccc1)C(=O)Oc1c(Cl)c(Cl)c(Cl)c(Cl)c1Cl. The van der Waals surface area contributed by atoms with Gasteiger partial charge in [-0.3, -0.25) is 0 Å². The molecule has 0 heterocycles. The maximum Gasteiger partial charge on any atom is 0.328 e. The van der Waals surface area contributed by atoms with E-state index in [1.54, 1.807) is 0 Å². The second-order valence-corrected chi connectivity index (χ2v) is 6.51. The molecule has 0 radical (unpaired) electrons. The van der Waals surface area contributed by atoms with Gasteiger partial charge in [-0.25, -0.2) is 4.79 Å². The third-order valence-corrected chi connectivity index (χ3v) is 5.22. The fourth-order valence-electron chi connectivity index (χ4n) is 1.80. The molecule has 8 heteroatoms. The number of nitrogens with two attached hydrogens (primary N) is 1. The topological polar surface area (TPSA) is 52.3 Å². The van der Waals surface area contributed by atoms with Crippen LogP contribution in [0.3, 0.4) is 0 Å². The first-order valence-corrected chi connectivity index (χ1v) is 8.24. The predicted octanol–water partition coefficient (Wildman–Crippen LogP) is 5.43. The smallest absolute Gasteiger partial charge is 0.328 e. The van der Waals surface area contributed by atoms with Gasteiger partial charge >= 0.3 is 5.97 Å². The maximum absolute atomic E-state index is 12.1. The van der Waals surface area contributed by atoms with Crippen molar-refractivity contribution in [2.45, 2.75) is 12.5 Å². The lowest BCUT2D eigenvalue weighted by atomic mass is 10.1. The van der Waals surface area contributed by atoms with Crippen LogP contribution in [-0.2, 0) is 11.2 Å². The largest absolute Gasteiger partial charge is 0.422 e. The number of carbonyl (C=O) groups is 1. The Morgan fingerprint density at radius 3 is 1.91 bits per heavy atom. The molecule has 0 amide bonds. The van der Waals surface area contributed by atoms with E-state index in [0.29, 0.717) is 6.42 Å². The van der Waals surface area contributed by atoms with Crippen LogP contribution in [0.1, 0.15) is 5.56 Å². The number of hydrogen-bond acceptors (Lipinski definition) is 3. The van der Waals surface area contributed by atoms with Crippen LogP contribution in [0.25, 0.3) is 0 Å².